The van der Waals surface area contributed by atoms with E-state index in [2.05, 4.69) is 67.6 Å². The molecule has 4 aromatic rings. The maximum absolute atomic E-state index is 5.30. The van der Waals surface area contributed by atoms with Crippen LogP contribution in [0.4, 0.5) is 0 Å². The van der Waals surface area contributed by atoms with Crippen LogP contribution >= 0.6 is 11.3 Å². The highest BCUT2D eigenvalue weighted by atomic mass is 32.1. The van der Waals surface area contributed by atoms with Gasteiger partial charge in [-0.3, -0.25) is 0 Å². The lowest BCUT2D eigenvalue weighted by molar-refractivity contribution is 0.415. The smallest absolute Gasteiger partial charge is 0.118 e. The average Bonchev–Trinajstić information content (AvgIpc) is 3.02. The van der Waals surface area contributed by atoms with E-state index in [0.717, 1.165) is 5.75 Å². The molecule has 0 spiro atoms. The lowest BCUT2D eigenvalue weighted by Crippen LogP contribution is -1.83. The number of aryl methyl sites for hydroxylation is 1. The first kappa shape index (κ1) is 15.0. The first-order chi connectivity index (χ1) is 11.8. The van der Waals surface area contributed by atoms with E-state index in [1.807, 2.05) is 23.5 Å². The van der Waals surface area contributed by atoms with E-state index < -0.39 is 0 Å². The van der Waals surface area contributed by atoms with Gasteiger partial charge in [-0.05, 0) is 48.4 Å². The van der Waals surface area contributed by atoms with E-state index in [1.54, 1.807) is 7.11 Å². The minimum Gasteiger partial charge on any atom is -0.497 e. The van der Waals surface area contributed by atoms with E-state index >= 15 is 0 Å². The van der Waals surface area contributed by atoms with Crippen molar-refractivity contribution < 1.29 is 4.74 Å². The molecule has 1 heterocycles. The molecule has 0 bridgehead atoms. The summed E-state index contributed by atoms with van der Waals surface area (Å²) in [6.07, 6.45) is 0. The highest BCUT2D eigenvalue weighted by Gasteiger charge is 2.15. The summed E-state index contributed by atoms with van der Waals surface area (Å²) in [5.74, 6) is 0.886. The van der Waals surface area contributed by atoms with E-state index in [9.17, 15) is 0 Å². The van der Waals surface area contributed by atoms with Gasteiger partial charge >= 0.3 is 0 Å². The molecular formula is C22H18OS. The zero-order valence-corrected chi connectivity index (χ0v) is 14.6. The third-order valence-corrected chi connectivity index (χ3v) is 5.51. The van der Waals surface area contributed by atoms with Crippen molar-refractivity contribution in [1.82, 2.24) is 0 Å². The molecule has 24 heavy (non-hydrogen) atoms. The van der Waals surface area contributed by atoms with Gasteiger partial charge in [-0.1, -0.05) is 48.0 Å². The normalized spacial score (nSPS) is 10.9. The molecule has 0 N–H and O–H groups in total. The zero-order valence-electron chi connectivity index (χ0n) is 13.7. The fraction of sp³-hybridized carbons (Fsp3) is 0.0909. The van der Waals surface area contributed by atoms with Crippen LogP contribution in [-0.4, -0.2) is 7.11 Å². The zero-order chi connectivity index (χ0) is 16.5. The van der Waals surface area contributed by atoms with E-state index in [4.69, 9.17) is 4.74 Å². The second-order valence-corrected chi connectivity index (χ2v) is 6.95. The van der Waals surface area contributed by atoms with Gasteiger partial charge in [0.15, 0.2) is 0 Å². The van der Waals surface area contributed by atoms with Crippen LogP contribution in [0.3, 0.4) is 0 Å². The molecule has 2 heteroatoms. The quantitative estimate of drug-likeness (QED) is 0.414. The van der Waals surface area contributed by atoms with Crippen LogP contribution in [0.5, 0.6) is 5.75 Å². The molecule has 1 aromatic heterocycles. The molecule has 0 aliphatic rings. The lowest BCUT2D eigenvalue weighted by Gasteiger charge is -2.07. The fourth-order valence-electron chi connectivity index (χ4n) is 3.00. The Bertz CT molecular complexity index is 979. The molecule has 3 aromatic carbocycles. The van der Waals surface area contributed by atoms with Gasteiger partial charge < -0.3 is 4.74 Å². The first-order valence-corrected chi connectivity index (χ1v) is 8.81. The van der Waals surface area contributed by atoms with Crippen LogP contribution in [0.15, 0.2) is 72.8 Å². The van der Waals surface area contributed by atoms with Gasteiger partial charge in [-0.2, -0.15) is 0 Å². The maximum Gasteiger partial charge on any atom is 0.118 e. The van der Waals surface area contributed by atoms with Crippen LogP contribution in [0.1, 0.15) is 5.56 Å². The van der Waals surface area contributed by atoms with Crippen LogP contribution in [0.2, 0.25) is 0 Å². The van der Waals surface area contributed by atoms with E-state index in [-0.39, 0.29) is 0 Å². The molecule has 1 nitrogen and oxygen atoms in total. The molecule has 0 radical (unpaired) electrons. The van der Waals surface area contributed by atoms with Crippen molar-refractivity contribution in [3.63, 3.8) is 0 Å². The van der Waals surface area contributed by atoms with Gasteiger partial charge in [-0.25, -0.2) is 0 Å². The highest BCUT2D eigenvalue weighted by Crippen LogP contribution is 2.44. The van der Waals surface area contributed by atoms with Crippen molar-refractivity contribution in [3.05, 3.63) is 78.4 Å². The van der Waals surface area contributed by atoms with Crippen LogP contribution in [0.25, 0.3) is 31.7 Å². The number of benzene rings is 3. The molecule has 0 saturated carbocycles. The Morgan fingerprint density at radius 2 is 1.42 bits per heavy atom. The number of fused-ring (bicyclic) bond motifs is 1. The lowest BCUT2D eigenvalue weighted by atomic mass is 9.98. The Morgan fingerprint density at radius 3 is 2.12 bits per heavy atom. The highest BCUT2D eigenvalue weighted by molar-refractivity contribution is 7.23. The van der Waals surface area contributed by atoms with Gasteiger partial charge in [-0.15, -0.1) is 11.3 Å². The Morgan fingerprint density at radius 1 is 0.750 bits per heavy atom. The van der Waals surface area contributed by atoms with Gasteiger partial charge in [0.05, 0.1) is 7.11 Å². The summed E-state index contributed by atoms with van der Waals surface area (Å²) in [4.78, 5) is 1.31. The largest absolute Gasteiger partial charge is 0.497 e. The molecule has 0 unspecified atom stereocenters. The van der Waals surface area contributed by atoms with E-state index in [1.165, 1.54) is 37.2 Å². The van der Waals surface area contributed by atoms with Crippen molar-refractivity contribution >= 4 is 21.4 Å². The minimum atomic E-state index is 0.886. The Labute approximate surface area is 146 Å². The van der Waals surface area contributed by atoms with Crippen molar-refractivity contribution in [2.24, 2.45) is 0 Å². The van der Waals surface area contributed by atoms with Crippen molar-refractivity contribution in [2.75, 3.05) is 7.11 Å². The van der Waals surface area contributed by atoms with Gasteiger partial charge in [0, 0.05) is 20.5 Å². The molecule has 0 atom stereocenters. The Balaban J connectivity index is 1.97. The van der Waals surface area contributed by atoms with E-state index in [0.29, 0.717) is 0 Å². The predicted molar refractivity (Wildman–Crippen MR) is 104 cm³/mol. The molecular weight excluding hydrogens is 312 g/mol. The molecule has 0 amide bonds. The summed E-state index contributed by atoms with van der Waals surface area (Å²) in [5.41, 5.74) is 5.10. The van der Waals surface area contributed by atoms with Crippen molar-refractivity contribution in [3.8, 4) is 27.3 Å². The first-order valence-electron chi connectivity index (χ1n) is 7.99. The Hall–Kier alpha value is -2.58. The summed E-state index contributed by atoms with van der Waals surface area (Å²) in [6, 6.07) is 25.8. The second kappa shape index (κ2) is 6.14. The second-order valence-electron chi connectivity index (χ2n) is 5.90. The monoisotopic (exact) mass is 330 g/mol. The molecule has 0 fully saturated rings. The topological polar surface area (TPSA) is 9.23 Å². The standard InChI is InChI=1S/C22H18OS/c1-15-7-9-16(10-8-15)21-19-5-3-4-6-20(19)24-22(21)17-11-13-18(23-2)14-12-17/h3-14H,1-2H3. The van der Waals surface area contributed by atoms with Gasteiger partial charge in [0.25, 0.3) is 0 Å². The molecule has 0 aliphatic carbocycles. The summed E-state index contributed by atoms with van der Waals surface area (Å²) in [7, 11) is 1.70. The summed E-state index contributed by atoms with van der Waals surface area (Å²) < 4.78 is 6.61. The number of methoxy groups -OCH3 is 1. The summed E-state index contributed by atoms with van der Waals surface area (Å²) in [6.45, 7) is 2.12. The number of hydrogen-bond donors (Lipinski definition) is 0. The average molecular weight is 330 g/mol. The Kier molecular flexibility index (Phi) is 3.83. The molecule has 118 valence electrons. The minimum absolute atomic E-state index is 0.886. The van der Waals surface area contributed by atoms with Gasteiger partial charge in [0.1, 0.15) is 5.75 Å². The van der Waals surface area contributed by atoms with Crippen LogP contribution < -0.4 is 4.74 Å². The van der Waals surface area contributed by atoms with Crippen LogP contribution in [-0.2, 0) is 0 Å². The third kappa shape index (κ3) is 2.59. The number of hydrogen-bond acceptors (Lipinski definition) is 2. The number of thiophene rings is 1. The van der Waals surface area contributed by atoms with Crippen molar-refractivity contribution in [2.45, 2.75) is 6.92 Å². The summed E-state index contributed by atoms with van der Waals surface area (Å²) in [5, 5.41) is 1.32. The van der Waals surface area contributed by atoms with Gasteiger partial charge in [0.2, 0.25) is 0 Å². The third-order valence-electron chi connectivity index (χ3n) is 4.29. The molecule has 0 saturated heterocycles. The number of rotatable bonds is 3. The molecule has 0 aliphatic heterocycles. The van der Waals surface area contributed by atoms with Crippen molar-refractivity contribution in [1.29, 1.82) is 0 Å². The fourth-order valence-corrected chi connectivity index (χ4v) is 4.23. The maximum atomic E-state index is 5.30. The number of ether oxygens (including phenoxy) is 1. The SMILES string of the molecule is COc1ccc(-c2sc3ccccc3c2-c2ccc(C)cc2)cc1. The van der Waals surface area contributed by atoms with Crippen LogP contribution in [0, 0.1) is 6.92 Å². The molecule has 4 rings (SSSR count). The summed E-state index contributed by atoms with van der Waals surface area (Å²) >= 11 is 1.85. The predicted octanol–water partition coefficient (Wildman–Crippen LogP) is 6.55.